The van der Waals surface area contributed by atoms with Crippen LogP contribution in [-0.4, -0.2) is 41.2 Å². The first-order chi connectivity index (χ1) is 16.5. The van der Waals surface area contributed by atoms with E-state index in [1.54, 1.807) is 12.1 Å². The summed E-state index contributed by atoms with van der Waals surface area (Å²) in [6.07, 6.45) is 5.79. The highest BCUT2D eigenvalue weighted by molar-refractivity contribution is 6.08. The lowest BCUT2D eigenvalue weighted by Gasteiger charge is -2.25. The highest BCUT2D eigenvalue weighted by atomic mass is 16.5. The summed E-state index contributed by atoms with van der Waals surface area (Å²) >= 11 is 0. The number of benzene rings is 2. The average molecular weight is 461 g/mol. The van der Waals surface area contributed by atoms with Crippen molar-refractivity contribution < 1.29 is 23.9 Å². The number of allylic oxidation sites excluding steroid dienone is 2. The van der Waals surface area contributed by atoms with Gasteiger partial charge in [0, 0.05) is 12.1 Å². The van der Waals surface area contributed by atoms with Crippen molar-refractivity contribution in [2.24, 2.45) is 11.8 Å². The van der Waals surface area contributed by atoms with Crippen LogP contribution in [0.4, 0.5) is 5.69 Å². The van der Waals surface area contributed by atoms with E-state index in [9.17, 15) is 19.2 Å². The molecule has 1 aliphatic carbocycles. The number of amides is 3. The van der Waals surface area contributed by atoms with Crippen LogP contribution in [0.5, 0.6) is 0 Å². The molecule has 1 fully saturated rings. The number of imide groups is 1. The molecule has 2 aliphatic rings. The number of nitrogens with zero attached hydrogens (tertiary/aromatic N) is 1. The fourth-order valence-electron chi connectivity index (χ4n) is 4.50. The standard InChI is InChI=1S/C27H28N2O5/c1-2-18-12-14-20(15-13-18)28-24(30)17-34-27(33)23(16-19-8-4-3-5-9-19)29-25(31)21-10-6-7-11-22(21)26(29)32/h3-9,12-15,21-23H,2,10-11,16-17H2,1H3,(H,28,30)/t21-,22+,23-/m0/s1. The summed E-state index contributed by atoms with van der Waals surface area (Å²) in [7, 11) is 0. The molecule has 0 aromatic heterocycles. The highest BCUT2D eigenvalue weighted by Gasteiger charge is 2.51. The Morgan fingerprint density at radius 3 is 2.15 bits per heavy atom. The van der Waals surface area contributed by atoms with Crippen LogP contribution in [0.2, 0.25) is 0 Å². The number of carbonyl (C=O) groups is 4. The van der Waals surface area contributed by atoms with Crippen molar-refractivity contribution in [3.63, 3.8) is 0 Å². The summed E-state index contributed by atoms with van der Waals surface area (Å²) in [5.74, 6) is -2.85. The predicted molar refractivity (Wildman–Crippen MR) is 127 cm³/mol. The van der Waals surface area contributed by atoms with Gasteiger partial charge in [-0.3, -0.25) is 19.3 Å². The Balaban J connectivity index is 1.46. The van der Waals surface area contributed by atoms with Gasteiger partial charge in [0.15, 0.2) is 6.61 Å². The van der Waals surface area contributed by atoms with E-state index >= 15 is 0 Å². The van der Waals surface area contributed by atoms with E-state index in [-0.39, 0.29) is 18.2 Å². The second-order valence-corrected chi connectivity index (χ2v) is 8.61. The van der Waals surface area contributed by atoms with E-state index in [2.05, 4.69) is 5.32 Å². The molecule has 7 heteroatoms. The van der Waals surface area contributed by atoms with Crippen molar-refractivity contribution in [1.29, 1.82) is 0 Å². The molecule has 4 rings (SSSR count). The molecule has 0 radical (unpaired) electrons. The number of esters is 1. The third kappa shape index (κ3) is 5.09. The molecule has 3 amide bonds. The normalized spacial score (nSPS) is 20.1. The van der Waals surface area contributed by atoms with Crippen LogP contribution in [0.1, 0.15) is 30.9 Å². The molecule has 1 saturated heterocycles. The van der Waals surface area contributed by atoms with E-state index in [1.807, 2.05) is 61.5 Å². The fraction of sp³-hybridized carbons (Fsp3) is 0.333. The Kier molecular flexibility index (Phi) is 7.21. The minimum absolute atomic E-state index is 0.129. The van der Waals surface area contributed by atoms with Crippen molar-refractivity contribution in [3.8, 4) is 0 Å². The second-order valence-electron chi connectivity index (χ2n) is 8.61. The van der Waals surface area contributed by atoms with E-state index in [4.69, 9.17) is 4.74 Å². The predicted octanol–water partition coefficient (Wildman–Crippen LogP) is 3.29. The number of hydrogen-bond acceptors (Lipinski definition) is 5. The average Bonchev–Trinajstić information content (AvgIpc) is 3.12. The maximum absolute atomic E-state index is 13.1. The van der Waals surface area contributed by atoms with Crippen molar-refractivity contribution in [1.82, 2.24) is 4.90 Å². The molecule has 1 N–H and O–H groups in total. The van der Waals surface area contributed by atoms with Gasteiger partial charge in [0.1, 0.15) is 6.04 Å². The summed E-state index contributed by atoms with van der Waals surface area (Å²) in [6.45, 7) is 1.53. The van der Waals surface area contributed by atoms with Crippen LogP contribution >= 0.6 is 0 Å². The van der Waals surface area contributed by atoms with Gasteiger partial charge < -0.3 is 10.1 Å². The summed E-state index contributed by atoms with van der Waals surface area (Å²) in [5.41, 5.74) is 2.53. The first-order valence-corrected chi connectivity index (χ1v) is 11.6. The lowest BCUT2D eigenvalue weighted by atomic mass is 9.85. The number of anilines is 1. The van der Waals surface area contributed by atoms with Crippen LogP contribution in [0.25, 0.3) is 0 Å². The van der Waals surface area contributed by atoms with Gasteiger partial charge in [-0.05, 0) is 42.5 Å². The zero-order valence-electron chi connectivity index (χ0n) is 19.1. The van der Waals surface area contributed by atoms with Gasteiger partial charge in [-0.15, -0.1) is 0 Å². The molecule has 0 spiro atoms. The van der Waals surface area contributed by atoms with Crippen molar-refractivity contribution in [3.05, 3.63) is 77.9 Å². The Morgan fingerprint density at radius 2 is 1.56 bits per heavy atom. The molecule has 7 nitrogen and oxygen atoms in total. The van der Waals surface area contributed by atoms with Crippen molar-refractivity contribution in [2.45, 2.75) is 38.6 Å². The highest BCUT2D eigenvalue weighted by Crippen LogP contribution is 2.36. The minimum atomic E-state index is -1.12. The van der Waals surface area contributed by atoms with Crippen LogP contribution in [0.15, 0.2) is 66.7 Å². The van der Waals surface area contributed by atoms with Gasteiger partial charge in [0.05, 0.1) is 11.8 Å². The number of ether oxygens (including phenoxy) is 1. The molecule has 1 aliphatic heterocycles. The van der Waals surface area contributed by atoms with Gasteiger partial charge >= 0.3 is 5.97 Å². The second kappa shape index (κ2) is 10.5. The number of nitrogens with one attached hydrogen (secondary N) is 1. The lowest BCUT2D eigenvalue weighted by molar-refractivity contribution is -0.159. The first-order valence-electron chi connectivity index (χ1n) is 11.6. The van der Waals surface area contributed by atoms with Gasteiger partial charge in [-0.25, -0.2) is 4.79 Å². The molecule has 3 atom stereocenters. The van der Waals surface area contributed by atoms with Crippen LogP contribution in [0.3, 0.4) is 0 Å². The summed E-state index contributed by atoms with van der Waals surface area (Å²) in [5, 5.41) is 2.69. The van der Waals surface area contributed by atoms with E-state index in [1.165, 1.54) is 0 Å². The number of hydrogen-bond donors (Lipinski definition) is 1. The van der Waals surface area contributed by atoms with Gasteiger partial charge in [0.25, 0.3) is 5.91 Å². The van der Waals surface area contributed by atoms with E-state index in [0.717, 1.165) is 22.4 Å². The van der Waals surface area contributed by atoms with Crippen molar-refractivity contribution >= 4 is 29.4 Å². The topological polar surface area (TPSA) is 92.8 Å². The molecule has 176 valence electrons. The first kappa shape index (κ1) is 23.4. The SMILES string of the molecule is CCc1ccc(NC(=O)COC(=O)[C@H](Cc2ccccc2)N2C(=O)[C@H]3CC=CC[C@H]3C2=O)cc1. The zero-order valence-corrected chi connectivity index (χ0v) is 19.1. The number of carbonyl (C=O) groups excluding carboxylic acids is 4. The smallest absolute Gasteiger partial charge is 0.330 e. The Labute approximate surface area is 198 Å². The quantitative estimate of drug-likeness (QED) is 0.371. The third-order valence-corrected chi connectivity index (χ3v) is 6.39. The van der Waals surface area contributed by atoms with E-state index in [0.29, 0.717) is 18.5 Å². The maximum Gasteiger partial charge on any atom is 0.330 e. The van der Waals surface area contributed by atoms with Crippen LogP contribution < -0.4 is 5.32 Å². The number of fused-ring (bicyclic) bond motifs is 1. The van der Waals surface area contributed by atoms with E-state index < -0.39 is 36.4 Å². The Bertz CT molecular complexity index is 1070. The maximum atomic E-state index is 13.1. The van der Waals surface area contributed by atoms with Crippen molar-refractivity contribution in [2.75, 3.05) is 11.9 Å². The molecule has 34 heavy (non-hydrogen) atoms. The number of rotatable bonds is 8. The van der Waals surface area contributed by atoms with Crippen LogP contribution in [0, 0.1) is 11.8 Å². The Hall–Kier alpha value is -3.74. The fourth-order valence-corrected chi connectivity index (χ4v) is 4.50. The molecule has 0 saturated carbocycles. The largest absolute Gasteiger partial charge is 0.454 e. The monoisotopic (exact) mass is 460 g/mol. The van der Waals surface area contributed by atoms with Gasteiger partial charge in [-0.1, -0.05) is 61.5 Å². The molecule has 2 aromatic carbocycles. The summed E-state index contributed by atoms with van der Waals surface area (Å²) in [4.78, 5) is 52.7. The van der Waals surface area contributed by atoms with Gasteiger partial charge in [-0.2, -0.15) is 0 Å². The van der Waals surface area contributed by atoms with Crippen LogP contribution in [-0.2, 0) is 36.8 Å². The molecular formula is C27H28N2O5. The molecular weight excluding hydrogens is 432 g/mol. The molecule has 1 heterocycles. The molecule has 2 aromatic rings. The number of aryl methyl sites for hydroxylation is 1. The molecule has 0 unspecified atom stereocenters. The molecule has 0 bridgehead atoms. The number of likely N-dealkylation sites (tertiary alicyclic amines) is 1. The third-order valence-electron chi connectivity index (χ3n) is 6.39. The summed E-state index contributed by atoms with van der Waals surface area (Å²) < 4.78 is 5.31. The summed E-state index contributed by atoms with van der Waals surface area (Å²) in [6, 6.07) is 15.4. The Morgan fingerprint density at radius 1 is 0.941 bits per heavy atom. The van der Waals surface area contributed by atoms with Gasteiger partial charge in [0.2, 0.25) is 11.8 Å². The minimum Gasteiger partial charge on any atom is -0.454 e. The zero-order chi connectivity index (χ0) is 24.1. The lowest BCUT2D eigenvalue weighted by Crippen LogP contribution is -2.48.